The van der Waals surface area contributed by atoms with Crippen LogP contribution < -0.4 is 5.32 Å². The largest absolute Gasteiger partial charge is 0.459 e. The zero-order valence-corrected chi connectivity index (χ0v) is 10.1. The Hall–Kier alpha value is -2.07. The average Bonchev–Trinajstić information content (AvgIpc) is 2.82. The fraction of sp³-hybridized carbons (Fsp3) is 0.214. The second kappa shape index (κ2) is 5.51. The lowest BCUT2D eigenvalue weighted by Gasteiger charge is -2.05. The molecule has 1 amide bonds. The van der Waals surface area contributed by atoms with Gasteiger partial charge in [-0.1, -0.05) is 24.3 Å². The van der Waals surface area contributed by atoms with Crippen LogP contribution >= 0.6 is 0 Å². The molecular weight excluding hydrogens is 230 g/mol. The van der Waals surface area contributed by atoms with Crippen LogP contribution in [0.2, 0.25) is 0 Å². The van der Waals surface area contributed by atoms with Crippen molar-refractivity contribution < 1.29 is 14.3 Å². The van der Waals surface area contributed by atoms with Gasteiger partial charge in [-0.2, -0.15) is 0 Å². The molecule has 0 fully saturated rings. The van der Waals surface area contributed by atoms with E-state index in [9.17, 15) is 4.79 Å². The third-order valence-electron chi connectivity index (χ3n) is 2.70. The van der Waals surface area contributed by atoms with Gasteiger partial charge in [0.25, 0.3) is 5.91 Å². The molecule has 0 unspecified atom stereocenters. The van der Waals surface area contributed by atoms with E-state index in [0.717, 1.165) is 16.7 Å². The van der Waals surface area contributed by atoms with Crippen molar-refractivity contribution in [3.8, 4) is 0 Å². The molecule has 94 valence electrons. The van der Waals surface area contributed by atoms with Gasteiger partial charge in [0.1, 0.15) is 0 Å². The molecule has 0 saturated heterocycles. The van der Waals surface area contributed by atoms with Crippen LogP contribution in [0.3, 0.4) is 0 Å². The SMILES string of the molecule is Cc1ccoc1C(=O)NCc1cccc(CO)c1. The predicted molar refractivity (Wildman–Crippen MR) is 67.0 cm³/mol. The summed E-state index contributed by atoms with van der Waals surface area (Å²) in [6.07, 6.45) is 1.50. The van der Waals surface area contributed by atoms with Gasteiger partial charge < -0.3 is 14.8 Å². The van der Waals surface area contributed by atoms with Crippen LogP contribution in [0.25, 0.3) is 0 Å². The first-order valence-corrected chi connectivity index (χ1v) is 5.71. The monoisotopic (exact) mass is 245 g/mol. The van der Waals surface area contributed by atoms with Gasteiger partial charge in [-0.05, 0) is 24.1 Å². The topological polar surface area (TPSA) is 62.5 Å². The molecule has 0 aliphatic rings. The van der Waals surface area contributed by atoms with Crippen molar-refractivity contribution in [1.29, 1.82) is 0 Å². The minimum absolute atomic E-state index is 0.000914. The number of benzene rings is 1. The minimum Gasteiger partial charge on any atom is -0.459 e. The van der Waals surface area contributed by atoms with E-state index in [-0.39, 0.29) is 12.5 Å². The highest BCUT2D eigenvalue weighted by Gasteiger charge is 2.11. The number of aliphatic hydroxyl groups is 1. The van der Waals surface area contributed by atoms with Crippen molar-refractivity contribution in [3.05, 3.63) is 59.0 Å². The highest BCUT2D eigenvalue weighted by Crippen LogP contribution is 2.09. The van der Waals surface area contributed by atoms with Gasteiger partial charge in [-0.15, -0.1) is 0 Å². The molecule has 2 aromatic rings. The van der Waals surface area contributed by atoms with E-state index in [1.807, 2.05) is 31.2 Å². The van der Waals surface area contributed by atoms with Crippen LogP contribution in [0.4, 0.5) is 0 Å². The smallest absolute Gasteiger partial charge is 0.287 e. The second-order valence-electron chi connectivity index (χ2n) is 4.09. The second-order valence-corrected chi connectivity index (χ2v) is 4.09. The molecule has 0 bridgehead atoms. The van der Waals surface area contributed by atoms with Gasteiger partial charge in [0.15, 0.2) is 5.76 Å². The van der Waals surface area contributed by atoms with Crippen LogP contribution in [0.15, 0.2) is 41.0 Å². The molecule has 1 heterocycles. The summed E-state index contributed by atoms with van der Waals surface area (Å²) in [6, 6.07) is 9.19. The van der Waals surface area contributed by atoms with Gasteiger partial charge in [0.2, 0.25) is 0 Å². The molecule has 1 aromatic heterocycles. The fourth-order valence-electron chi connectivity index (χ4n) is 1.71. The van der Waals surface area contributed by atoms with E-state index in [4.69, 9.17) is 9.52 Å². The number of nitrogens with one attached hydrogen (secondary N) is 1. The standard InChI is InChI=1S/C14H15NO3/c1-10-5-6-18-13(10)14(17)15-8-11-3-2-4-12(7-11)9-16/h2-7,16H,8-9H2,1H3,(H,15,17). The molecule has 0 saturated carbocycles. The Bertz CT molecular complexity index is 545. The molecule has 0 aliphatic carbocycles. The average molecular weight is 245 g/mol. The number of rotatable bonds is 4. The number of amides is 1. The highest BCUT2D eigenvalue weighted by atomic mass is 16.3. The summed E-state index contributed by atoms with van der Waals surface area (Å²) < 4.78 is 5.11. The number of carbonyl (C=O) groups excluding carboxylic acids is 1. The summed E-state index contributed by atoms with van der Waals surface area (Å²) >= 11 is 0. The predicted octanol–water partition coefficient (Wildman–Crippen LogP) is 2.01. The zero-order valence-electron chi connectivity index (χ0n) is 10.1. The van der Waals surface area contributed by atoms with Gasteiger partial charge in [-0.25, -0.2) is 0 Å². The third-order valence-corrected chi connectivity index (χ3v) is 2.70. The van der Waals surface area contributed by atoms with Crippen molar-refractivity contribution in [2.75, 3.05) is 0 Å². The molecule has 0 atom stereocenters. The highest BCUT2D eigenvalue weighted by molar-refractivity contribution is 5.92. The first-order valence-electron chi connectivity index (χ1n) is 5.71. The molecule has 2 rings (SSSR count). The lowest BCUT2D eigenvalue weighted by Crippen LogP contribution is -2.23. The number of furan rings is 1. The Morgan fingerprint density at radius 2 is 2.11 bits per heavy atom. The molecule has 1 aromatic carbocycles. The Kier molecular flexibility index (Phi) is 3.79. The summed E-state index contributed by atoms with van der Waals surface area (Å²) in [7, 11) is 0. The van der Waals surface area contributed by atoms with Crippen molar-refractivity contribution >= 4 is 5.91 Å². The maximum absolute atomic E-state index is 11.8. The van der Waals surface area contributed by atoms with E-state index in [0.29, 0.717) is 12.3 Å². The van der Waals surface area contributed by atoms with Gasteiger partial charge in [0, 0.05) is 12.1 Å². The number of aliphatic hydroxyl groups excluding tert-OH is 1. The van der Waals surface area contributed by atoms with Crippen molar-refractivity contribution in [2.45, 2.75) is 20.1 Å². The Morgan fingerprint density at radius 3 is 2.78 bits per heavy atom. The normalized spacial score (nSPS) is 10.3. The molecule has 18 heavy (non-hydrogen) atoms. The van der Waals surface area contributed by atoms with Crippen LogP contribution in [0.1, 0.15) is 27.2 Å². The Balaban J connectivity index is 1.99. The van der Waals surface area contributed by atoms with E-state index >= 15 is 0 Å². The molecule has 2 N–H and O–H groups in total. The maximum atomic E-state index is 11.8. The van der Waals surface area contributed by atoms with E-state index in [2.05, 4.69) is 5.32 Å². The quantitative estimate of drug-likeness (QED) is 0.866. The van der Waals surface area contributed by atoms with E-state index in [1.54, 1.807) is 6.07 Å². The zero-order chi connectivity index (χ0) is 13.0. The number of carbonyl (C=O) groups is 1. The molecule has 0 aliphatic heterocycles. The lowest BCUT2D eigenvalue weighted by molar-refractivity contribution is 0.0922. The minimum atomic E-state index is -0.230. The van der Waals surface area contributed by atoms with Crippen LogP contribution in [0, 0.1) is 6.92 Å². The molecule has 0 spiro atoms. The summed E-state index contributed by atoms with van der Waals surface area (Å²) in [5.74, 6) is 0.111. The lowest BCUT2D eigenvalue weighted by atomic mass is 10.1. The van der Waals surface area contributed by atoms with Crippen LogP contribution in [0.5, 0.6) is 0 Å². The van der Waals surface area contributed by atoms with Gasteiger partial charge >= 0.3 is 0 Å². The third kappa shape index (κ3) is 2.78. The van der Waals surface area contributed by atoms with Crippen molar-refractivity contribution in [2.24, 2.45) is 0 Å². The molecule has 4 heteroatoms. The van der Waals surface area contributed by atoms with E-state index < -0.39 is 0 Å². The van der Waals surface area contributed by atoms with Crippen LogP contribution in [-0.2, 0) is 13.2 Å². The maximum Gasteiger partial charge on any atom is 0.287 e. The van der Waals surface area contributed by atoms with Crippen LogP contribution in [-0.4, -0.2) is 11.0 Å². The first-order chi connectivity index (χ1) is 8.70. The fourth-order valence-corrected chi connectivity index (χ4v) is 1.71. The van der Waals surface area contributed by atoms with Crippen molar-refractivity contribution in [1.82, 2.24) is 5.32 Å². The number of aryl methyl sites for hydroxylation is 1. The van der Waals surface area contributed by atoms with Gasteiger partial charge in [-0.3, -0.25) is 4.79 Å². The molecule has 0 radical (unpaired) electrons. The summed E-state index contributed by atoms with van der Waals surface area (Å²) in [4.78, 5) is 11.8. The Morgan fingerprint density at radius 1 is 1.33 bits per heavy atom. The first kappa shape index (κ1) is 12.4. The Labute approximate surface area is 105 Å². The van der Waals surface area contributed by atoms with Crippen molar-refractivity contribution in [3.63, 3.8) is 0 Å². The summed E-state index contributed by atoms with van der Waals surface area (Å²) in [6.45, 7) is 2.23. The van der Waals surface area contributed by atoms with E-state index in [1.165, 1.54) is 6.26 Å². The summed E-state index contributed by atoms with van der Waals surface area (Å²) in [5.41, 5.74) is 2.59. The molecule has 4 nitrogen and oxygen atoms in total. The molecular formula is C14H15NO3. The number of hydrogen-bond donors (Lipinski definition) is 2. The number of hydrogen-bond acceptors (Lipinski definition) is 3. The van der Waals surface area contributed by atoms with Gasteiger partial charge in [0.05, 0.1) is 12.9 Å². The summed E-state index contributed by atoms with van der Waals surface area (Å²) in [5, 5.41) is 11.8.